The average Bonchev–Trinajstić information content (AvgIpc) is 2.29. The molecule has 2 atom stereocenters. The number of amides is 1. The minimum Gasteiger partial charge on any atom is -0.467 e. The van der Waals surface area contributed by atoms with Gasteiger partial charge >= 0.3 is 5.97 Å². The summed E-state index contributed by atoms with van der Waals surface area (Å²) in [7, 11) is 1.35. The molecule has 0 aromatic carbocycles. The molecular formula is C12H22N2O3. The number of carbonyl (C=O) groups is 2. The van der Waals surface area contributed by atoms with Gasteiger partial charge in [0, 0.05) is 6.54 Å². The van der Waals surface area contributed by atoms with Crippen LogP contribution in [0.5, 0.6) is 0 Å². The van der Waals surface area contributed by atoms with Crippen molar-refractivity contribution in [2.45, 2.75) is 45.2 Å². The fourth-order valence-corrected chi connectivity index (χ4v) is 2.17. The molecule has 2 unspecified atom stereocenters. The van der Waals surface area contributed by atoms with Gasteiger partial charge in [0.2, 0.25) is 5.91 Å². The number of hydrogen-bond acceptors (Lipinski definition) is 4. The summed E-state index contributed by atoms with van der Waals surface area (Å²) in [4.78, 5) is 25.3. The number of piperidine rings is 1. The highest BCUT2D eigenvalue weighted by Gasteiger charge is 2.35. The first-order chi connectivity index (χ1) is 7.97. The van der Waals surface area contributed by atoms with E-state index in [4.69, 9.17) is 10.5 Å². The van der Waals surface area contributed by atoms with Gasteiger partial charge in [-0.1, -0.05) is 13.8 Å². The van der Waals surface area contributed by atoms with Crippen molar-refractivity contribution in [1.82, 2.24) is 4.90 Å². The van der Waals surface area contributed by atoms with Gasteiger partial charge < -0.3 is 15.4 Å². The molecule has 0 aliphatic carbocycles. The lowest BCUT2D eigenvalue weighted by Gasteiger charge is -2.36. The summed E-state index contributed by atoms with van der Waals surface area (Å²) >= 11 is 0. The van der Waals surface area contributed by atoms with E-state index >= 15 is 0 Å². The van der Waals surface area contributed by atoms with Gasteiger partial charge in [0.1, 0.15) is 6.04 Å². The second kappa shape index (κ2) is 6.00. The van der Waals surface area contributed by atoms with Crippen molar-refractivity contribution in [3.63, 3.8) is 0 Å². The van der Waals surface area contributed by atoms with Crippen LogP contribution in [0.3, 0.4) is 0 Å². The Hall–Kier alpha value is -1.10. The number of hydrogen-bond donors (Lipinski definition) is 1. The van der Waals surface area contributed by atoms with E-state index < -0.39 is 12.1 Å². The van der Waals surface area contributed by atoms with Crippen LogP contribution in [-0.2, 0) is 14.3 Å². The van der Waals surface area contributed by atoms with Crippen molar-refractivity contribution < 1.29 is 14.3 Å². The highest BCUT2D eigenvalue weighted by Crippen LogP contribution is 2.19. The Bertz CT molecular complexity index is 291. The molecule has 0 aromatic rings. The molecule has 2 N–H and O–H groups in total. The lowest BCUT2D eigenvalue weighted by atomic mass is 9.98. The van der Waals surface area contributed by atoms with Gasteiger partial charge in [-0.15, -0.1) is 0 Å². The molecule has 1 aliphatic rings. The summed E-state index contributed by atoms with van der Waals surface area (Å²) in [6.07, 6.45) is 2.16. The van der Waals surface area contributed by atoms with Gasteiger partial charge in [-0.25, -0.2) is 4.79 Å². The summed E-state index contributed by atoms with van der Waals surface area (Å²) in [6, 6.07) is -0.957. The van der Waals surface area contributed by atoms with Crippen LogP contribution in [-0.4, -0.2) is 42.5 Å². The predicted molar refractivity (Wildman–Crippen MR) is 64.2 cm³/mol. The van der Waals surface area contributed by atoms with Gasteiger partial charge in [0.25, 0.3) is 0 Å². The second-order valence-corrected chi connectivity index (χ2v) is 4.95. The molecule has 0 aromatic heterocycles. The quantitative estimate of drug-likeness (QED) is 0.730. The van der Waals surface area contributed by atoms with Crippen LogP contribution in [0, 0.1) is 5.92 Å². The summed E-state index contributed by atoms with van der Waals surface area (Å²) in [6.45, 7) is 4.63. The Morgan fingerprint density at radius 3 is 2.76 bits per heavy atom. The zero-order chi connectivity index (χ0) is 13.0. The number of nitrogens with two attached hydrogens (primary N) is 1. The smallest absolute Gasteiger partial charge is 0.328 e. The van der Waals surface area contributed by atoms with E-state index in [2.05, 4.69) is 0 Å². The fourth-order valence-electron chi connectivity index (χ4n) is 2.17. The number of carbonyl (C=O) groups excluding carboxylic acids is 2. The molecule has 1 aliphatic heterocycles. The molecule has 5 nitrogen and oxygen atoms in total. The number of ether oxygens (including phenoxy) is 1. The molecule has 5 heteroatoms. The van der Waals surface area contributed by atoms with Crippen LogP contribution >= 0.6 is 0 Å². The van der Waals surface area contributed by atoms with Crippen molar-refractivity contribution in [3.8, 4) is 0 Å². The Labute approximate surface area is 102 Å². The van der Waals surface area contributed by atoms with Crippen LogP contribution in [0.2, 0.25) is 0 Å². The number of rotatable bonds is 4. The lowest BCUT2D eigenvalue weighted by Crippen LogP contribution is -2.55. The molecule has 1 saturated heterocycles. The molecule has 98 valence electrons. The van der Waals surface area contributed by atoms with Crippen molar-refractivity contribution in [2.75, 3.05) is 13.7 Å². The van der Waals surface area contributed by atoms with Crippen molar-refractivity contribution in [2.24, 2.45) is 11.7 Å². The third kappa shape index (κ3) is 3.43. The van der Waals surface area contributed by atoms with E-state index in [0.717, 1.165) is 6.42 Å². The van der Waals surface area contributed by atoms with E-state index in [9.17, 15) is 9.59 Å². The Morgan fingerprint density at radius 2 is 2.24 bits per heavy atom. The lowest BCUT2D eigenvalue weighted by molar-refractivity contribution is -0.155. The minimum absolute atomic E-state index is 0.132. The minimum atomic E-state index is -0.487. The highest BCUT2D eigenvalue weighted by molar-refractivity contribution is 5.88. The number of likely N-dealkylation sites (tertiary alicyclic amines) is 1. The van der Waals surface area contributed by atoms with Crippen LogP contribution in [0.15, 0.2) is 0 Å². The van der Waals surface area contributed by atoms with Crippen LogP contribution in [0.1, 0.15) is 33.1 Å². The zero-order valence-corrected chi connectivity index (χ0v) is 10.8. The topological polar surface area (TPSA) is 72.6 Å². The first kappa shape index (κ1) is 14.0. The Morgan fingerprint density at radius 1 is 1.59 bits per heavy atom. The van der Waals surface area contributed by atoms with Crippen LogP contribution < -0.4 is 5.73 Å². The van der Waals surface area contributed by atoms with E-state index in [1.54, 1.807) is 4.90 Å². The second-order valence-electron chi connectivity index (χ2n) is 4.95. The van der Waals surface area contributed by atoms with Crippen LogP contribution in [0.4, 0.5) is 0 Å². The van der Waals surface area contributed by atoms with E-state index in [-0.39, 0.29) is 11.9 Å². The van der Waals surface area contributed by atoms with Gasteiger partial charge in [0.05, 0.1) is 13.2 Å². The molecule has 1 fully saturated rings. The van der Waals surface area contributed by atoms with E-state index in [1.807, 2.05) is 13.8 Å². The van der Waals surface area contributed by atoms with Gasteiger partial charge in [0.15, 0.2) is 0 Å². The van der Waals surface area contributed by atoms with Gasteiger partial charge in [-0.05, 0) is 25.2 Å². The van der Waals surface area contributed by atoms with Crippen molar-refractivity contribution in [3.05, 3.63) is 0 Å². The van der Waals surface area contributed by atoms with E-state index in [1.165, 1.54) is 7.11 Å². The first-order valence-corrected chi connectivity index (χ1v) is 6.11. The largest absolute Gasteiger partial charge is 0.467 e. The first-order valence-electron chi connectivity index (χ1n) is 6.11. The van der Waals surface area contributed by atoms with Crippen molar-refractivity contribution in [1.29, 1.82) is 0 Å². The fraction of sp³-hybridized carbons (Fsp3) is 0.833. The number of methoxy groups -OCH3 is 1. The molecule has 17 heavy (non-hydrogen) atoms. The number of nitrogens with zero attached hydrogens (tertiary/aromatic N) is 1. The maximum atomic E-state index is 12.0. The summed E-state index contributed by atoms with van der Waals surface area (Å²) in [5, 5.41) is 0. The third-order valence-electron chi connectivity index (χ3n) is 3.06. The number of esters is 1. The molecular weight excluding hydrogens is 220 g/mol. The standard InChI is InChI=1S/C12H22N2O3/c1-8(2)7-10(12(16)17-3)14-6-4-5-9(13)11(14)15/h8-10H,4-7,13H2,1-3H3. The third-order valence-corrected chi connectivity index (χ3v) is 3.06. The maximum Gasteiger partial charge on any atom is 0.328 e. The highest BCUT2D eigenvalue weighted by atomic mass is 16.5. The van der Waals surface area contributed by atoms with Gasteiger partial charge in [-0.2, -0.15) is 0 Å². The zero-order valence-electron chi connectivity index (χ0n) is 10.8. The maximum absolute atomic E-state index is 12.0. The molecule has 0 radical (unpaired) electrons. The SMILES string of the molecule is COC(=O)C(CC(C)C)N1CCCC(N)C1=O. The molecule has 0 bridgehead atoms. The van der Waals surface area contributed by atoms with Gasteiger partial charge in [-0.3, -0.25) is 4.79 Å². The predicted octanol–water partition coefficient (Wildman–Crippen LogP) is 0.524. The average molecular weight is 242 g/mol. The van der Waals surface area contributed by atoms with E-state index in [0.29, 0.717) is 25.3 Å². The normalized spacial score (nSPS) is 22.8. The molecule has 0 spiro atoms. The summed E-state index contributed by atoms with van der Waals surface area (Å²) in [5.41, 5.74) is 5.74. The monoisotopic (exact) mass is 242 g/mol. The summed E-state index contributed by atoms with van der Waals surface area (Å²) < 4.78 is 4.78. The van der Waals surface area contributed by atoms with Crippen molar-refractivity contribution >= 4 is 11.9 Å². The van der Waals surface area contributed by atoms with Crippen LogP contribution in [0.25, 0.3) is 0 Å². The molecule has 0 saturated carbocycles. The molecule has 1 amide bonds. The molecule has 1 heterocycles. The summed E-state index contributed by atoms with van der Waals surface area (Å²) in [5.74, 6) is -0.154. The Kier molecular flexibility index (Phi) is 4.93. The molecule has 1 rings (SSSR count). The Balaban J connectivity index is 2.81.